The molecule has 4 rings (SSSR count). The van der Waals surface area contributed by atoms with Crippen LogP contribution in [0.2, 0.25) is 0 Å². The zero-order chi connectivity index (χ0) is 21.3. The summed E-state index contributed by atoms with van der Waals surface area (Å²) in [6.45, 7) is 0. The van der Waals surface area contributed by atoms with Gasteiger partial charge in [-0.3, -0.25) is 9.20 Å². The van der Waals surface area contributed by atoms with Gasteiger partial charge in [0.05, 0.1) is 31.0 Å². The summed E-state index contributed by atoms with van der Waals surface area (Å²) in [5.41, 5.74) is 8.78. The Morgan fingerprint density at radius 2 is 1.83 bits per heavy atom. The number of carbonyl (C=O) groups excluding carboxylic acids is 2. The number of pyridine rings is 1. The fourth-order valence-electron chi connectivity index (χ4n) is 3.29. The third kappa shape index (κ3) is 3.26. The summed E-state index contributed by atoms with van der Waals surface area (Å²) in [5, 5.41) is 0. The number of benzene rings is 2. The van der Waals surface area contributed by atoms with Gasteiger partial charge < -0.3 is 15.2 Å². The highest BCUT2D eigenvalue weighted by Crippen LogP contribution is 2.29. The van der Waals surface area contributed by atoms with Crippen LogP contribution in [0.5, 0.6) is 5.75 Å². The van der Waals surface area contributed by atoms with Crippen molar-refractivity contribution in [3.8, 4) is 17.0 Å². The molecule has 7 heteroatoms. The molecule has 0 saturated carbocycles. The van der Waals surface area contributed by atoms with Crippen LogP contribution in [0.25, 0.3) is 16.8 Å². The number of ether oxygens (including phenoxy) is 2. The lowest BCUT2D eigenvalue weighted by molar-refractivity contribution is 0.0602. The van der Waals surface area contributed by atoms with E-state index in [9.17, 15) is 9.59 Å². The molecule has 7 nitrogen and oxygen atoms in total. The van der Waals surface area contributed by atoms with E-state index in [2.05, 4.69) is 4.98 Å². The number of hydrogen-bond acceptors (Lipinski definition) is 6. The lowest BCUT2D eigenvalue weighted by Crippen LogP contribution is -2.11. The van der Waals surface area contributed by atoms with Crippen molar-refractivity contribution in [2.75, 3.05) is 20.0 Å². The second kappa shape index (κ2) is 7.71. The normalized spacial score (nSPS) is 10.7. The van der Waals surface area contributed by atoms with E-state index in [-0.39, 0.29) is 28.4 Å². The van der Waals surface area contributed by atoms with Gasteiger partial charge in [-0.15, -0.1) is 0 Å². The van der Waals surface area contributed by atoms with Gasteiger partial charge in [0.15, 0.2) is 5.82 Å². The minimum atomic E-state index is -0.604. The quantitative estimate of drug-likeness (QED) is 0.312. The summed E-state index contributed by atoms with van der Waals surface area (Å²) >= 11 is 0. The molecule has 0 bridgehead atoms. The first kappa shape index (κ1) is 19.2. The number of nitrogens with zero attached hydrogens (tertiary/aromatic N) is 2. The van der Waals surface area contributed by atoms with E-state index in [4.69, 9.17) is 15.2 Å². The number of carbonyl (C=O) groups is 2. The first-order chi connectivity index (χ1) is 14.5. The van der Waals surface area contributed by atoms with Crippen molar-refractivity contribution >= 4 is 23.0 Å². The van der Waals surface area contributed by atoms with E-state index < -0.39 is 5.97 Å². The number of ketones is 1. The predicted octanol–water partition coefficient (Wildman–Crippen LogP) is 3.61. The largest absolute Gasteiger partial charge is 0.497 e. The number of nitrogen functional groups attached to an aromatic ring is 1. The molecule has 2 heterocycles. The molecule has 2 aromatic heterocycles. The van der Waals surface area contributed by atoms with Gasteiger partial charge in [0.25, 0.3) is 0 Å². The molecule has 0 spiro atoms. The molecule has 2 aromatic carbocycles. The zero-order valence-electron chi connectivity index (χ0n) is 16.5. The molecule has 30 heavy (non-hydrogen) atoms. The van der Waals surface area contributed by atoms with E-state index in [1.165, 1.54) is 19.2 Å². The van der Waals surface area contributed by atoms with Crippen LogP contribution in [0, 0.1) is 0 Å². The van der Waals surface area contributed by atoms with Crippen LogP contribution in [0.15, 0.2) is 66.9 Å². The van der Waals surface area contributed by atoms with Crippen molar-refractivity contribution in [1.29, 1.82) is 0 Å². The molecule has 0 saturated heterocycles. The molecule has 0 aliphatic heterocycles. The second-order valence-corrected chi connectivity index (χ2v) is 6.59. The smallest absolute Gasteiger partial charge is 0.339 e. The van der Waals surface area contributed by atoms with Gasteiger partial charge in [-0.05, 0) is 42.5 Å². The molecule has 0 atom stereocenters. The Labute approximate surface area is 172 Å². The Morgan fingerprint density at radius 1 is 1.00 bits per heavy atom. The highest BCUT2D eigenvalue weighted by molar-refractivity contribution is 6.10. The number of fused-ring (bicyclic) bond motifs is 1. The highest BCUT2D eigenvalue weighted by atomic mass is 16.5. The van der Waals surface area contributed by atoms with Gasteiger partial charge in [0.1, 0.15) is 5.75 Å². The van der Waals surface area contributed by atoms with Gasteiger partial charge in [-0.25, -0.2) is 9.78 Å². The first-order valence-electron chi connectivity index (χ1n) is 9.17. The Balaban J connectivity index is 1.86. The number of esters is 1. The standard InChI is InChI=1S/C23H19N3O4/c1-29-16-7-5-6-14(12-16)20-19-8-3-4-11-26(19)22(25-20)21(27)15-9-10-18(24)17(13-15)23(28)30-2/h3-13H,24H2,1-2H3. The molecule has 0 aliphatic carbocycles. The summed E-state index contributed by atoms with van der Waals surface area (Å²) in [6.07, 6.45) is 1.78. The molecular weight excluding hydrogens is 382 g/mol. The molecule has 4 aromatic rings. The number of nitrogens with two attached hydrogens (primary N) is 1. The Morgan fingerprint density at radius 3 is 2.60 bits per heavy atom. The van der Waals surface area contributed by atoms with Gasteiger partial charge in [-0.2, -0.15) is 0 Å². The number of anilines is 1. The van der Waals surface area contributed by atoms with E-state index in [1.807, 2.05) is 42.5 Å². The number of rotatable bonds is 5. The fourth-order valence-corrected chi connectivity index (χ4v) is 3.29. The molecule has 2 N–H and O–H groups in total. The number of imidazole rings is 1. The van der Waals surface area contributed by atoms with Crippen molar-refractivity contribution in [3.05, 3.63) is 83.8 Å². The van der Waals surface area contributed by atoms with E-state index in [0.717, 1.165) is 11.1 Å². The minimum absolute atomic E-state index is 0.136. The van der Waals surface area contributed by atoms with E-state index in [0.29, 0.717) is 11.4 Å². The van der Waals surface area contributed by atoms with Gasteiger partial charge >= 0.3 is 5.97 Å². The third-order valence-electron chi connectivity index (χ3n) is 4.82. The summed E-state index contributed by atoms with van der Waals surface area (Å²) in [5.74, 6) is -0.0228. The van der Waals surface area contributed by atoms with Crippen LogP contribution in [0.1, 0.15) is 26.5 Å². The molecule has 0 aliphatic rings. The molecule has 0 radical (unpaired) electrons. The van der Waals surface area contributed by atoms with Crippen molar-refractivity contribution in [2.24, 2.45) is 0 Å². The van der Waals surface area contributed by atoms with Gasteiger partial charge in [0.2, 0.25) is 5.78 Å². The number of hydrogen-bond donors (Lipinski definition) is 1. The maximum absolute atomic E-state index is 13.3. The second-order valence-electron chi connectivity index (χ2n) is 6.59. The third-order valence-corrected chi connectivity index (χ3v) is 4.82. The topological polar surface area (TPSA) is 95.9 Å². The molecule has 0 unspecified atom stereocenters. The van der Waals surface area contributed by atoms with Crippen molar-refractivity contribution in [1.82, 2.24) is 9.38 Å². The van der Waals surface area contributed by atoms with Crippen LogP contribution in [-0.4, -0.2) is 35.4 Å². The van der Waals surface area contributed by atoms with Crippen molar-refractivity contribution in [3.63, 3.8) is 0 Å². The van der Waals surface area contributed by atoms with Crippen molar-refractivity contribution < 1.29 is 19.1 Å². The lowest BCUT2D eigenvalue weighted by Gasteiger charge is -2.06. The average molecular weight is 401 g/mol. The predicted molar refractivity (Wildman–Crippen MR) is 113 cm³/mol. The van der Waals surface area contributed by atoms with Gasteiger partial charge in [0, 0.05) is 23.0 Å². The Kier molecular flexibility index (Phi) is 4.93. The fraction of sp³-hybridized carbons (Fsp3) is 0.0870. The zero-order valence-corrected chi connectivity index (χ0v) is 16.5. The van der Waals surface area contributed by atoms with Crippen LogP contribution in [0.3, 0.4) is 0 Å². The maximum Gasteiger partial charge on any atom is 0.339 e. The molecular formula is C23H19N3O4. The average Bonchev–Trinajstić information content (AvgIpc) is 3.18. The van der Waals surface area contributed by atoms with Crippen LogP contribution >= 0.6 is 0 Å². The summed E-state index contributed by atoms with van der Waals surface area (Å²) in [6, 6.07) is 17.6. The maximum atomic E-state index is 13.3. The number of aromatic nitrogens is 2. The molecule has 0 amide bonds. The lowest BCUT2D eigenvalue weighted by atomic mass is 10.0. The van der Waals surface area contributed by atoms with E-state index >= 15 is 0 Å². The number of methoxy groups -OCH3 is 2. The summed E-state index contributed by atoms with van der Waals surface area (Å²) < 4.78 is 11.8. The van der Waals surface area contributed by atoms with Crippen LogP contribution < -0.4 is 10.5 Å². The molecule has 0 fully saturated rings. The minimum Gasteiger partial charge on any atom is -0.497 e. The monoisotopic (exact) mass is 401 g/mol. The highest BCUT2D eigenvalue weighted by Gasteiger charge is 2.22. The van der Waals surface area contributed by atoms with Crippen LogP contribution in [-0.2, 0) is 4.74 Å². The Bertz CT molecular complexity index is 1280. The SMILES string of the molecule is COC(=O)c1cc(C(=O)c2nc(-c3cccc(OC)c3)c3ccccn23)ccc1N. The van der Waals surface area contributed by atoms with Gasteiger partial charge in [-0.1, -0.05) is 18.2 Å². The van der Waals surface area contributed by atoms with Crippen LogP contribution in [0.4, 0.5) is 5.69 Å². The van der Waals surface area contributed by atoms with Crippen molar-refractivity contribution in [2.45, 2.75) is 0 Å². The van der Waals surface area contributed by atoms with E-state index in [1.54, 1.807) is 23.8 Å². The Hall–Kier alpha value is -4.13. The molecule has 150 valence electrons. The first-order valence-corrected chi connectivity index (χ1v) is 9.17. The summed E-state index contributed by atoms with van der Waals surface area (Å²) in [4.78, 5) is 29.9. The summed E-state index contributed by atoms with van der Waals surface area (Å²) in [7, 11) is 2.86.